The highest BCUT2D eigenvalue weighted by molar-refractivity contribution is 5.96. The zero-order chi connectivity index (χ0) is 43.7. The minimum atomic E-state index is -1.17. The van der Waals surface area contributed by atoms with Gasteiger partial charge in [0.05, 0.1) is 11.7 Å². The van der Waals surface area contributed by atoms with Crippen molar-refractivity contribution in [3.8, 4) is 11.3 Å². The maximum atomic E-state index is 14.7. The molecule has 3 aliphatic rings. The van der Waals surface area contributed by atoms with Crippen molar-refractivity contribution in [3.63, 3.8) is 0 Å². The van der Waals surface area contributed by atoms with E-state index in [1.807, 2.05) is 49.1 Å². The van der Waals surface area contributed by atoms with Gasteiger partial charge >= 0.3 is 0 Å². The normalized spacial score (nSPS) is 20.3. The second-order valence-corrected chi connectivity index (χ2v) is 18.1. The fourth-order valence-electron chi connectivity index (χ4n) is 9.11. The van der Waals surface area contributed by atoms with E-state index in [1.54, 1.807) is 13.8 Å². The fraction of sp³-hybridized carbons (Fsp3) is 0.667. The number of amides is 6. The Bertz CT molecular complexity index is 1810. The molecule has 0 radical (unpaired) electrons. The molecule has 0 unspecified atom stereocenters. The molecule has 60 heavy (non-hydrogen) atoms. The predicted octanol–water partition coefficient (Wildman–Crippen LogP) is 3.99. The summed E-state index contributed by atoms with van der Waals surface area (Å²) in [6.07, 6.45) is 9.62. The lowest BCUT2D eigenvalue weighted by atomic mass is 9.96. The molecule has 6 amide bonds. The Labute approximate surface area is 355 Å². The summed E-state index contributed by atoms with van der Waals surface area (Å²) < 4.78 is 2.14. The van der Waals surface area contributed by atoms with Crippen molar-refractivity contribution >= 4 is 35.4 Å². The first-order valence-electron chi connectivity index (χ1n) is 22.2. The Morgan fingerprint density at radius 1 is 0.750 bits per heavy atom. The van der Waals surface area contributed by atoms with E-state index in [-0.39, 0.29) is 54.1 Å². The Balaban J connectivity index is 1.29. The van der Waals surface area contributed by atoms with Crippen LogP contribution in [-0.2, 0) is 28.8 Å². The molecule has 2 aliphatic heterocycles. The molecule has 1 aromatic carbocycles. The number of rotatable bonds is 18. The lowest BCUT2D eigenvalue weighted by molar-refractivity contribution is -0.142. The lowest BCUT2D eigenvalue weighted by Gasteiger charge is -2.32. The van der Waals surface area contributed by atoms with Gasteiger partial charge in [-0.3, -0.25) is 28.8 Å². The van der Waals surface area contributed by atoms with E-state index in [9.17, 15) is 28.8 Å². The summed E-state index contributed by atoms with van der Waals surface area (Å²) in [6.45, 7) is 13.7. The smallest absolute Gasteiger partial charge is 0.245 e. The number of carbonyl (C=O) groups excluding carboxylic acids is 6. The summed E-state index contributed by atoms with van der Waals surface area (Å²) in [5.41, 5.74) is 7.98. The molecule has 5 rings (SSSR count). The Morgan fingerprint density at radius 3 is 2.00 bits per heavy atom. The summed E-state index contributed by atoms with van der Waals surface area (Å²) >= 11 is 0. The van der Waals surface area contributed by atoms with E-state index in [1.165, 1.54) is 11.8 Å². The largest absolute Gasteiger partial charge is 0.345 e. The molecule has 3 heterocycles. The summed E-state index contributed by atoms with van der Waals surface area (Å²) in [6, 6.07) is 5.22. The van der Waals surface area contributed by atoms with E-state index >= 15 is 0 Å². The molecule has 2 aromatic rings. The summed E-state index contributed by atoms with van der Waals surface area (Å²) in [4.78, 5) is 90.4. The Kier molecular flexibility index (Phi) is 16.3. The molecule has 1 saturated carbocycles. The highest BCUT2D eigenvalue weighted by Crippen LogP contribution is 2.36. The third kappa shape index (κ3) is 11.5. The molecule has 15 heteroatoms. The molecule has 330 valence electrons. The van der Waals surface area contributed by atoms with Gasteiger partial charge in [0.15, 0.2) is 0 Å². The number of nitrogens with two attached hydrogens (primary N) is 1. The number of hydrogen-bond acceptors (Lipinski definition) is 8. The number of hydrogen-bond donors (Lipinski definition) is 5. The van der Waals surface area contributed by atoms with Gasteiger partial charge in [0.2, 0.25) is 35.4 Å². The van der Waals surface area contributed by atoms with Gasteiger partial charge in [0.1, 0.15) is 36.0 Å². The minimum absolute atomic E-state index is 0.113. The van der Waals surface area contributed by atoms with E-state index < -0.39 is 47.9 Å². The first-order chi connectivity index (χ1) is 28.6. The molecule has 2 saturated heterocycles. The Hall–Kier alpha value is -4.79. The third-order valence-corrected chi connectivity index (χ3v) is 12.2. The summed E-state index contributed by atoms with van der Waals surface area (Å²) in [5, 5.41) is 11.4. The van der Waals surface area contributed by atoms with E-state index in [4.69, 9.17) is 10.7 Å². The van der Waals surface area contributed by atoms with Crippen molar-refractivity contribution in [1.29, 1.82) is 0 Å². The molecule has 6 atom stereocenters. The van der Waals surface area contributed by atoms with Crippen LogP contribution in [0.4, 0.5) is 0 Å². The van der Waals surface area contributed by atoms with Crippen LogP contribution in [0.5, 0.6) is 0 Å². The number of likely N-dealkylation sites (tertiary alicyclic amines) is 2. The van der Waals surface area contributed by atoms with Crippen molar-refractivity contribution < 1.29 is 28.8 Å². The average molecular weight is 832 g/mol. The third-order valence-electron chi connectivity index (χ3n) is 12.2. The lowest BCUT2D eigenvalue weighted by Crippen LogP contribution is -2.61. The van der Waals surface area contributed by atoms with Gasteiger partial charge in [-0.05, 0) is 70.1 Å². The van der Waals surface area contributed by atoms with Crippen molar-refractivity contribution in [1.82, 2.24) is 40.6 Å². The van der Waals surface area contributed by atoms with Crippen LogP contribution in [0.3, 0.4) is 0 Å². The van der Waals surface area contributed by atoms with Crippen LogP contribution in [0.15, 0.2) is 36.5 Å². The number of aromatic nitrogens is 2. The number of nitrogens with zero attached hydrogens (tertiary/aromatic N) is 4. The van der Waals surface area contributed by atoms with Crippen LogP contribution >= 0.6 is 0 Å². The molecule has 15 nitrogen and oxygen atoms in total. The van der Waals surface area contributed by atoms with Crippen LogP contribution in [0.25, 0.3) is 11.3 Å². The quantitative estimate of drug-likeness (QED) is 0.149. The van der Waals surface area contributed by atoms with Gasteiger partial charge in [0, 0.05) is 44.4 Å². The maximum Gasteiger partial charge on any atom is 0.245 e. The highest BCUT2D eigenvalue weighted by atomic mass is 16.2. The average Bonchev–Trinajstić information content (AvgIpc) is 4.05. The molecular formula is C45H69N9O6. The molecule has 1 aliphatic carbocycles. The van der Waals surface area contributed by atoms with E-state index in [2.05, 4.69) is 45.9 Å². The predicted molar refractivity (Wildman–Crippen MR) is 230 cm³/mol. The fourth-order valence-corrected chi connectivity index (χ4v) is 9.11. The zero-order valence-corrected chi connectivity index (χ0v) is 36.7. The number of imidazole rings is 1. The molecule has 0 spiro atoms. The van der Waals surface area contributed by atoms with E-state index in [0.29, 0.717) is 38.8 Å². The minimum Gasteiger partial charge on any atom is -0.345 e. The van der Waals surface area contributed by atoms with Crippen molar-refractivity contribution in [2.75, 3.05) is 19.6 Å². The van der Waals surface area contributed by atoms with Crippen molar-refractivity contribution in [3.05, 3.63) is 42.4 Å². The van der Waals surface area contributed by atoms with Gasteiger partial charge in [-0.2, -0.15) is 0 Å². The van der Waals surface area contributed by atoms with Gasteiger partial charge < -0.3 is 41.4 Å². The first kappa shape index (κ1) is 46.3. The monoisotopic (exact) mass is 832 g/mol. The van der Waals surface area contributed by atoms with Crippen molar-refractivity contribution in [2.45, 2.75) is 155 Å². The van der Waals surface area contributed by atoms with E-state index in [0.717, 1.165) is 55.6 Å². The standard InChI is InChI=1S/C45H69N9O6/c1-27(2)23-33(47-30(7)55)44(59)53-22-14-20-38(53)42(57)51-39(28(3)4)43(58)50-35(25-46)41(56)49-34(24-31-15-11-12-16-31)45(60)52-21-13-19-37(52)40-48-36(26-54(40)29(5)6)32-17-9-8-10-18-32/h8-10,17-18,26-29,31,33-35,37-39H,11-16,19-25,46H2,1-7H3,(H,47,55)(H,49,56)(H,50,58)(H,51,57)/t33-,34-,35-,37-,38-,39-/m0/s1. The number of carbonyl (C=O) groups is 6. The van der Waals surface area contributed by atoms with Crippen molar-refractivity contribution in [2.24, 2.45) is 23.5 Å². The van der Waals surface area contributed by atoms with Crippen LogP contribution < -0.4 is 27.0 Å². The maximum absolute atomic E-state index is 14.7. The summed E-state index contributed by atoms with van der Waals surface area (Å²) in [5.74, 6) is -1.62. The first-order valence-corrected chi connectivity index (χ1v) is 22.2. The molecule has 3 fully saturated rings. The summed E-state index contributed by atoms with van der Waals surface area (Å²) in [7, 11) is 0. The van der Waals surface area contributed by atoms with Gasteiger partial charge in [0.25, 0.3) is 0 Å². The molecule has 0 bridgehead atoms. The molecule has 1 aromatic heterocycles. The second-order valence-electron chi connectivity index (χ2n) is 18.1. The molecule has 6 N–H and O–H groups in total. The van der Waals surface area contributed by atoms with Crippen LogP contribution in [-0.4, -0.2) is 105 Å². The zero-order valence-electron chi connectivity index (χ0n) is 36.7. The molecular weight excluding hydrogens is 763 g/mol. The highest BCUT2D eigenvalue weighted by Gasteiger charge is 2.41. The SMILES string of the molecule is CC(=O)N[C@@H](CC(C)C)C(=O)N1CCC[C@H]1C(=O)N[C@H](C(=O)N[C@@H](CN)C(=O)N[C@@H](CC1CCCC1)C(=O)N1CCC[C@H]1c1nc(-c2ccccc2)cn1C(C)C)C(C)C. The second kappa shape index (κ2) is 21.1. The topological polar surface area (TPSA) is 201 Å². The van der Waals surface area contributed by atoms with Crippen LogP contribution in [0, 0.1) is 17.8 Å². The number of nitrogens with one attached hydrogen (secondary N) is 4. The van der Waals surface area contributed by atoms with Crippen LogP contribution in [0.2, 0.25) is 0 Å². The van der Waals surface area contributed by atoms with Gasteiger partial charge in [-0.25, -0.2) is 4.98 Å². The Morgan fingerprint density at radius 2 is 1.38 bits per heavy atom. The van der Waals surface area contributed by atoms with Gasteiger partial charge in [-0.1, -0.05) is 83.7 Å². The van der Waals surface area contributed by atoms with Crippen LogP contribution in [0.1, 0.15) is 131 Å². The number of benzene rings is 1. The van der Waals surface area contributed by atoms with Gasteiger partial charge in [-0.15, -0.1) is 0 Å².